The van der Waals surface area contributed by atoms with E-state index in [0.29, 0.717) is 12.5 Å². The Morgan fingerprint density at radius 3 is 2.68 bits per heavy atom. The lowest BCUT2D eigenvalue weighted by atomic mass is 10.1. The van der Waals surface area contributed by atoms with Gasteiger partial charge in [0.15, 0.2) is 0 Å². The molecule has 2 unspecified atom stereocenters. The number of carbonyl (C=O) groups excluding carboxylic acids is 1. The first kappa shape index (κ1) is 16.1. The summed E-state index contributed by atoms with van der Waals surface area (Å²) in [5.41, 5.74) is 3.25. The molecule has 0 radical (unpaired) electrons. The molecule has 5 heteroatoms. The van der Waals surface area contributed by atoms with E-state index >= 15 is 0 Å². The first-order valence-electron chi connectivity index (χ1n) is 8.33. The van der Waals surface area contributed by atoms with Gasteiger partial charge in [-0.3, -0.25) is 4.79 Å². The number of carbonyl (C=O) groups is 1. The van der Waals surface area contributed by atoms with Gasteiger partial charge in [0.2, 0.25) is 5.91 Å². The minimum atomic E-state index is 0.0883. The molecule has 1 aliphatic rings. The molecule has 0 spiro atoms. The second-order valence-corrected chi connectivity index (χ2v) is 7.26. The van der Waals surface area contributed by atoms with Crippen LogP contribution in [-0.4, -0.2) is 15.7 Å². The Labute approximate surface area is 155 Å². The van der Waals surface area contributed by atoms with Gasteiger partial charge in [-0.1, -0.05) is 46.3 Å². The van der Waals surface area contributed by atoms with Gasteiger partial charge < -0.3 is 5.32 Å². The number of para-hydroxylation sites is 1. The number of hydrogen-bond acceptors (Lipinski definition) is 2. The third-order valence-corrected chi connectivity index (χ3v) is 5.08. The summed E-state index contributed by atoms with van der Waals surface area (Å²) in [5.74, 6) is 0.561. The lowest BCUT2D eigenvalue weighted by Gasteiger charge is -2.04. The first-order valence-corrected chi connectivity index (χ1v) is 9.12. The molecular weight excluding hydrogens is 378 g/mol. The van der Waals surface area contributed by atoms with Crippen molar-refractivity contribution in [1.82, 2.24) is 15.1 Å². The van der Waals surface area contributed by atoms with Crippen LogP contribution >= 0.6 is 15.9 Å². The predicted molar refractivity (Wildman–Crippen MR) is 100 cm³/mol. The largest absolute Gasteiger partial charge is 0.352 e. The van der Waals surface area contributed by atoms with Gasteiger partial charge in [-0.2, -0.15) is 5.10 Å². The molecule has 4 rings (SSSR count). The highest BCUT2D eigenvalue weighted by Crippen LogP contribution is 2.47. The van der Waals surface area contributed by atoms with Crippen LogP contribution in [0, 0.1) is 5.92 Å². The molecular formula is C20H18BrN3O. The van der Waals surface area contributed by atoms with Crippen LogP contribution in [0.15, 0.2) is 71.5 Å². The van der Waals surface area contributed by atoms with Gasteiger partial charge in [-0.05, 0) is 42.2 Å². The van der Waals surface area contributed by atoms with E-state index in [1.807, 2.05) is 53.3 Å². The minimum Gasteiger partial charge on any atom is -0.352 e. The molecule has 1 N–H and O–H groups in total. The number of benzene rings is 2. The molecule has 1 saturated carbocycles. The molecule has 1 amide bonds. The number of nitrogens with zero attached hydrogens (tertiary/aromatic N) is 2. The van der Waals surface area contributed by atoms with Gasteiger partial charge in [-0.25, -0.2) is 4.68 Å². The van der Waals surface area contributed by atoms with Crippen molar-refractivity contribution in [2.45, 2.75) is 18.9 Å². The maximum atomic E-state index is 12.4. The van der Waals surface area contributed by atoms with Crippen LogP contribution < -0.4 is 5.32 Å². The van der Waals surface area contributed by atoms with Gasteiger partial charge in [-0.15, -0.1) is 0 Å². The van der Waals surface area contributed by atoms with Crippen molar-refractivity contribution in [3.05, 3.63) is 82.6 Å². The zero-order valence-electron chi connectivity index (χ0n) is 13.6. The maximum Gasteiger partial charge on any atom is 0.224 e. The van der Waals surface area contributed by atoms with Crippen LogP contribution in [0.3, 0.4) is 0 Å². The number of nitrogens with one attached hydrogen (secondary N) is 1. The molecule has 0 saturated heterocycles. The molecule has 2 aromatic carbocycles. The van der Waals surface area contributed by atoms with Gasteiger partial charge >= 0.3 is 0 Å². The monoisotopic (exact) mass is 395 g/mol. The summed E-state index contributed by atoms with van der Waals surface area (Å²) in [4.78, 5) is 12.4. The molecule has 4 nitrogen and oxygen atoms in total. The van der Waals surface area contributed by atoms with E-state index in [4.69, 9.17) is 0 Å². The van der Waals surface area contributed by atoms with E-state index in [1.54, 1.807) is 6.20 Å². The lowest BCUT2D eigenvalue weighted by molar-refractivity contribution is -0.122. The second kappa shape index (κ2) is 6.84. The zero-order chi connectivity index (χ0) is 17.2. The standard InChI is InChI=1S/C20H18BrN3O/c21-16-8-6-15(7-9-16)18-10-19(18)20(25)22-11-14-12-23-24(13-14)17-4-2-1-3-5-17/h1-9,12-13,18-19H,10-11H2,(H,22,25). The highest BCUT2D eigenvalue weighted by molar-refractivity contribution is 9.10. The van der Waals surface area contributed by atoms with Crippen molar-refractivity contribution in [2.24, 2.45) is 5.92 Å². The van der Waals surface area contributed by atoms with Crippen LogP contribution in [0.4, 0.5) is 0 Å². The number of halogens is 1. The van der Waals surface area contributed by atoms with Crippen molar-refractivity contribution in [3.63, 3.8) is 0 Å². The van der Waals surface area contributed by atoms with Crippen LogP contribution in [-0.2, 0) is 11.3 Å². The smallest absolute Gasteiger partial charge is 0.224 e. The van der Waals surface area contributed by atoms with Crippen molar-refractivity contribution in [1.29, 1.82) is 0 Å². The normalized spacial score (nSPS) is 18.8. The Bertz CT molecular complexity index is 873. The first-order chi connectivity index (χ1) is 12.2. The van der Waals surface area contributed by atoms with E-state index < -0.39 is 0 Å². The summed E-state index contributed by atoms with van der Waals surface area (Å²) in [5, 5.41) is 7.39. The van der Waals surface area contributed by atoms with Crippen LogP contribution in [0.1, 0.15) is 23.5 Å². The third-order valence-electron chi connectivity index (χ3n) is 4.55. The molecule has 3 aromatic rings. The summed E-state index contributed by atoms with van der Waals surface area (Å²) in [6.07, 6.45) is 4.68. The maximum absolute atomic E-state index is 12.4. The number of rotatable bonds is 5. The molecule has 2 atom stereocenters. The zero-order valence-corrected chi connectivity index (χ0v) is 15.2. The molecule has 126 valence electrons. The van der Waals surface area contributed by atoms with Gasteiger partial charge in [0.25, 0.3) is 0 Å². The topological polar surface area (TPSA) is 46.9 Å². The fraction of sp³-hybridized carbons (Fsp3) is 0.200. The van der Waals surface area contributed by atoms with E-state index in [1.165, 1.54) is 5.56 Å². The average molecular weight is 396 g/mol. The van der Waals surface area contributed by atoms with Crippen LogP contribution in [0.2, 0.25) is 0 Å². The molecule has 0 aliphatic heterocycles. The number of aromatic nitrogens is 2. The van der Waals surface area contributed by atoms with E-state index in [0.717, 1.165) is 22.1 Å². The SMILES string of the molecule is O=C(NCc1cnn(-c2ccccc2)c1)C1CC1c1ccc(Br)cc1. The summed E-state index contributed by atoms with van der Waals surface area (Å²) >= 11 is 3.44. The van der Waals surface area contributed by atoms with Gasteiger partial charge in [0.1, 0.15) is 0 Å². The molecule has 1 aromatic heterocycles. The Hall–Kier alpha value is -2.40. The average Bonchev–Trinajstić information content (AvgIpc) is 3.31. The Kier molecular flexibility index (Phi) is 4.40. The third kappa shape index (κ3) is 3.66. The van der Waals surface area contributed by atoms with E-state index in [2.05, 4.69) is 38.5 Å². The van der Waals surface area contributed by atoms with E-state index in [9.17, 15) is 4.79 Å². The molecule has 0 bridgehead atoms. The number of hydrogen-bond donors (Lipinski definition) is 1. The van der Waals surface area contributed by atoms with Gasteiger partial charge in [0, 0.05) is 28.7 Å². The molecule has 1 heterocycles. The van der Waals surface area contributed by atoms with Crippen LogP contribution in [0.25, 0.3) is 5.69 Å². The fourth-order valence-electron chi connectivity index (χ4n) is 3.06. The molecule has 1 fully saturated rings. The fourth-order valence-corrected chi connectivity index (χ4v) is 3.32. The van der Waals surface area contributed by atoms with Gasteiger partial charge in [0.05, 0.1) is 11.9 Å². The van der Waals surface area contributed by atoms with Crippen molar-refractivity contribution in [2.75, 3.05) is 0 Å². The quantitative estimate of drug-likeness (QED) is 0.707. The highest BCUT2D eigenvalue weighted by Gasteiger charge is 2.43. The summed E-state index contributed by atoms with van der Waals surface area (Å²) < 4.78 is 2.89. The highest BCUT2D eigenvalue weighted by atomic mass is 79.9. The van der Waals surface area contributed by atoms with E-state index in [-0.39, 0.29) is 11.8 Å². The van der Waals surface area contributed by atoms with Crippen molar-refractivity contribution in [3.8, 4) is 5.69 Å². The lowest BCUT2D eigenvalue weighted by Crippen LogP contribution is -2.24. The minimum absolute atomic E-state index is 0.0883. The van der Waals surface area contributed by atoms with Crippen LogP contribution in [0.5, 0.6) is 0 Å². The Balaban J connectivity index is 1.33. The summed E-state index contributed by atoms with van der Waals surface area (Å²) in [6, 6.07) is 18.2. The molecule has 1 aliphatic carbocycles. The molecule has 25 heavy (non-hydrogen) atoms. The van der Waals surface area contributed by atoms with Crippen molar-refractivity contribution >= 4 is 21.8 Å². The Morgan fingerprint density at radius 2 is 1.92 bits per heavy atom. The van der Waals surface area contributed by atoms with Crippen molar-refractivity contribution < 1.29 is 4.79 Å². The predicted octanol–water partition coefficient (Wildman–Crippen LogP) is 4.05. The summed E-state index contributed by atoms with van der Waals surface area (Å²) in [6.45, 7) is 0.509. The number of amides is 1. The Morgan fingerprint density at radius 1 is 1.16 bits per heavy atom. The second-order valence-electron chi connectivity index (χ2n) is 6.35. The summed E-state index contributed by atoms with van der Waals surface area (Å²) in [7, 11) is 0.